The summed E-state index contributed by atoms with van der Waals surface area (Å²) in [5.41, 5.74) is 0.584. The summed E-state index contributed by atoms with van der Waals surface area (Å²) in [6.45, 7) is 0. The molecule has 3 rings (SSSR count). The van der Waals surface area contributed by atoms with Gasteiger partial charge in [-0.1, -0.05) is 12.8 Å². The number of H-pyrrole nitrogens is 1. The molecule has 0 atom stereocenters. The van der Waals surface area contributed by atoms with E-state index >= 15 is 0 Å². The smallest absolute Gasteiger partial charge is 0.227 e. The van der Waals surface area contributed by atoms with Crippen molar-refractivity contribution in [3.63, 3.8) is 0 Å². The van der Waals surface area contributed by atoms with Gasteiger partial charge in [0.2, 0.25) is 11.7 Å². The quantitative estimate of drug-likeness (QED) is 0.725. The Morgan fingerprint density at radius 2 is 2.22 bits per heavy atom. The summed E-state index contributed by atoms with van der Waals surface area (Å²) in [5, 5.41) is 26.3. The molecular weight excluding hydrogens is 298 g/mol. The van der Waals surface area contributed by atoms with Gasteiger partial charge in [0.25, 0.3) is 0 Å². The van der Waals surface area contributed by atoms with E-state index < -0.39 is 0 Å². The molecule has 1 saturated carbocycles. The van der Waals surface area contributed by atoms with Crippen LogP contribution in [0, 0.1) is 0 Å². The molecule has 8 heteroatoms. The molecule has 1 aromatic heterocycles. The van der Waals surface area contributed by atoms with Gasteiger partial charge in [-0.3, -0.25) is 4.79 Å². The van der Waals surface area contributed by atoms with Gasteiger partial charge >= 0.3 is 0 Å². The van der Waals surface area contributed by atoms with Crippen molar-refractivity contribution in [2.75, 3.05) is 12.4 Å². The first kappa shape index (κ1) is 15.4. The van der Waals surface area contributed by atoms with E-state index in [1.165, 1.54) is 6.07 Å². The molecule has 0 unspecified atom stereocenters. The number of hydrogen-bond acceptors (Lipinski definition) is 6. The number of aromatic hydroxyl groups is 1. The molecule has 3 N–H and O–H groups in total. The second-order valence-corrected chi connectivity index (χ2v) is 5.79. The highest BCUT2D eigenvalue weighted by Gasteiger charge is 2.36. The fourth-order valence-corrected chi connectivity index (χ4v) is 3.02. The number of ether oxygens (including phenoxy) is 1. The van der Waals surface area contributed by atoms with E-state index in [-0.39, 0.29) is 23.7 Å². The van der Waals surface area contributed by atoms with Gasteiger partial charge in [0, 0.05) is 12.7 Å². The van der Waals surface area contributed by atoms with E-state index in [9.17, 15) is 9.90 Å². The lowest BCUT2D eigenvalue weighted by Crippen LogP contribution is -2.33. The number of phenolic OH excluding ortho intramolecular Hbond substituents is 1. The number of carbonyl (C=O) groups is 1. The molecule has 1 aromatic carbocycles. The number of carbonyl (C=O) groups excluding carboxylic acids is 1. The number of phenols is 1. The van der Waals surface area contributed by atoms with Gasteiger partial charge in [-0.25, -0.2) is 0 Å². The number of nitrogens with zero attached hydrogens (tertiary/aromatic N) is 3. The van der Waals surface area contributed by atoms with Gasteiger partial charge in [-0.2, -0.15) is 5.21 Å². The summed E-state index contributed by atoms with van der Waals surface area (Å²) in [5.74, 6) is 0.197. The number of anilines is 1. The molecule has 0 aliphatic heterocycles. The largest absolute Gasteiger partial charge is 0.506 e. The average Bonchev–Trinajstić information content (AvgIpc) is 3.21. The molecule has 0 bridgehead atoms. The Morgan fingerprint density at radius 3 is 2.87 bits per heavy atom. The van der Waals surface area contributed by atoms with Crippen molar-refractivity contribution in [2.24, 2.45) is 0 Å². The number of benzene rings is 1. The molecule has 1 amide bonds. The van der Waals surface area contributed by atoms with E-state index in [0.717, 1.165) is 25.7 Å². The zero-order chi connectivity index (χ0) is 16.3. The van der Waals surface area contributed by atoms with Crippen LogP contribution in [0.25, 0.3) is 11.4 Å². The molecule has 1 aliphatic rings. The minimum atomic E-state index is -0.384. The second-order valence-electron chi connectivity index (χ2n) is 5.79. The summed E-state index contributed by atoms with van der Waals surface area (Å²) in [7, 11) is 1.65. The number of hydrogen-bond donors (Lipinski definition) is 3. The first-order chi connectivity index (χ1) is 11.1. The van der Waals surface area contributed by atoms with E-state index in [0.29, 0.717) is 17.1 Å². The molecule has 0 spiro atoms. The van der Waals surface area contributed by atoms with Crippen molar-refractivity contribution in [1.82, 2.24) is 20.6 Å². The lowest BCUT2D eigenvalue weighted by atomic mass is 9.97. The van der Waals surface area contributed by atoms with Crippen LogP contribution in [-0.2, 0) is 9.53 Å². The van der Waals surface area contributed by atoms with Crippen LogP contribution < -0.4 is 5.32 Å². The summed E-state index contributed by atoms with van der Waals surface area (Å²) < 4.78 is 5.56. The molecule has 8 nitrogen and oxygen atoms in total. The molecular formula is C15H19N5O3. The maximum Gasteiger partial charge on any atom is 0.227 e. The van der Waals surface area contributed by atoms with Crippen LogP contribution in [0.5, 0.6) is 5.75 Å². The van der Waals surface area contributed by atoms with Crippen LogP contribution in [0.4, 0.5) is 5.69 Å². The monoisotopic (exact) mass is 317 g/mol. The maximum atomic E-state index is 12.3. The molecule has 1 heterocycles. The van der Waals surface area contributed by atoms with Crippen molar-refractivity contribution in [2.45, 2.75) is 37.7 Å². The van der Waals surface area contributed by atoms with Crippen molar-refractivity contribution in [3.8, 4) is 17.1 Å². The standard InChI is InChI=1S/C15H19N5O3/c1-23-15(6-2-3-7-15)9-13(22)16-11-8-10(4-5-12(11)21)14-17-19-20-18-14/h4-5,8,21H,2-3,6-7,9H2,1H3,(H,16,22)(H,17,18,19,20). The van der Waals surface area contributed by atoms with Gasteiger partial charge in [0.15, 0.2) is 0 Å². The Kier molecular flexibility index (Phi) is 4.24. The first-order valence-electron chi connectivity index (χ1n) is 7.54. The predicted octanol–water partition coefficient (Wildman–Crippen LogP) is 1.86. The average molecular weight is 317 g/mol. The first-order valence-corrected chi connectivity index (χ1v) is 7.54. The van der Waals surface area contributed by atoms with E-state index in [1.54, 1.807) is 19.2 Å². The highest BCUT2D eigenvalue weighted by atomic mass is 16.5. The fourth-order valence-electron chi connectivity index (χ4n) is 3.02. The minimum Gasteiger partial charge on any atom is -0.506 e. The second kappa shape index (κ2) is 6.33. The third-order valence-corrected chi connectivity index (χ3v) is 4.30. The SMILES string of the molecule is COC1(CC(=O)Nc2cc(-c3nn[nH]n3)ccc2O)CCCC1. The van der Waals surface area contributed by atoms with E-state index in [1.807, 2.05) is 0 Å². The van der Waals surface area contributed by atoms with Gasteiger partial charge in [-0.05, 0) is 36.3 Å². The Morgan fingerprint density at radius 1 is 1.43 bits per heavy atom. The van der Waals surface area contributed by atoms with Crippen molar-refractivity contribution < 1.29 is 14.6 Å². The lowest BCUT2D eigenvalue weighted by molar-refractivity contribution is -0.122. The van der Waals surface area contributed by atoms with Crippen LogP contribution in [0.1, 0.15) is 32.1 Å². The number of rotatable bonds is 5. The number of amides is 1. The van der Waals surface area contributed by atoms with Crippen LogP contribution >= 0.6 is 0 Å². The Balaban J connectivity index is 1.74. The number of methoxy groups -OCH3 is 1. The van der Waals surface area contributed by atoms with Gasteiger partial charge in [-0.15, -0.1) is 10.2 Å². The Labute approximate surface area is 133 Å². The molecule has 2 aromatic rings. The number of aromatic amines is 1. The Hall–Kier alpha value is -2.48. The number of nitrogens with one attached hydrogen (secondary N) is 2. The summed E-state index contributed by atoms with van der Waals surface area (Å²) in [6, 6.07) is 4.76. The highest BCUT2D eigenvalue weighted by Crippen LogP contribution is 2.36. The van der Waals surface area contributed by atoms with Gasteiger partial charge < -0.3 is 15.2 Å². The highest BCUT2D eigenvalue weighted by molar-refractivity contribution is 5.93. The number of tetrazole rings is 1. The molecule has 122 valence electrons. The summed E-state index contributed by atoms with van der Waals surface area (Å²) >= 11 is 0. The van der Waals surface area contributed by atoms with E-state index in [4.69, 9.17) is 4.74 Å². The van der Waals surface area contributed by atoms with Crippen LogP contribution in [0.2, 0.25) is 0 Å². The minimum absolute atomic E-state index is 0.0107. The van der Waals surface area contributed by atoms with Crippen LogP contribution in [0.3, 0.4) is 0 Å². The predicted molar refractivity (Wildman–Crippen MR) is 82.7 cm³/mol. The topological polar surface area (TPSA) is 113 Å². The zero-order valence-electron chi connectivity index (χ0n) is 12.9. The summed E-state index contributed by atoms with van der Waals surface area (Å²) in [6.07, 6.45) is 4.17. The third kappa shape index (κ3) is 3.31. The maximum absolute atomic E-state index is 12.3. The number of aromatic nitrogens is 4. The zero-order valence-corrected chi connectivity index (χ0v) is 12.9. The third-order valence-electron chi connectivity index (χ3n) is 4.30. The fraction of sp³-hybridized carbons (Fsp3) is 0.467. The normalized spacial score (nSPS) is 16.4. The lowest BCUT2D eigenvalue weighted by Gasteiger charge is -2.26. The van der Waals surface area contributed by atoms with Gasteiger partial charge in [0.1, 0.15) is 5.75 Å². The van der Waals surface area contributed by atoms with Gasteiger partial charge in [0.05, 0.1) is 17.7 Å². The summed E-state index contributed by atoms with van der Waals surface area (Å²) in [4.78, 5) is 12.3. The van der Waals surface area contributed by atoms with Crippen molar-refractivity contribution in [3.05, 3.63) is 18.2 Å². The van der Waals surface area contributed by atoms with Crippen LogP contribution in [-0.4, -0.2) is 44.3 Å². The molecule has 23 heavy (non-hydrogen) atoms. The van der Waals surface area contributed by atoms with Crippen LogP contribution in [0.15, 0.2) is 18.2 Å². The molecule has 1 fully saturated rings. The molecule has 0 saturated heterocycles. The Bertz CT molecular complexity index is 680. The van der Waals surface area contributed by atoms with Crippen molar-refractivity contribution >= 4 is 11.6 Å². The van der Waals surface area contributed by atoms with E-state index in [2.05, 4.69) is 25.9 Å². The molecule has 1 aliphatic carbocycles. The molecule has 0 radical (unpaired) electrons. The van der Waals surface area contributed by atoms with Crippen molar-refractivity contribution in [1.29, 1.82) is 0 Å².